The zero-order valence-corrected chi connectivity index (χ0v) is 18.2. The molecule has 0 spiro atoms. The van der Waals surface area contributed by atoms with E-state index in [1.807, 2.05) is 41.3 Å². The molecule has 29 heavy (non-hydrogen) atoms. The predicted octanol–water partition coefficient (Wildman–Crippen LogP) is 5.41. The first kappa shape index (κ1) is 21.8. The summed E-state index contributed by atoms with van der Waals surface area (Å²) in [7, 11) is 0. The van der Waals surface area contributed by atoms with E-state index < -0.39 is 0 Å². The predicted molar refractivity (Wildman–Crippen MR) is 120 cm³/mol. The van der Waals surface area contributed by atoms with Crippen LogP contribution in [-0.2, 0) is 6.54 Å². The summed E-state index contributed by atoms with van der Waals surface area (Å²) in [4.78, 5) is 19.6. The van der Waals surface area contributed by atoms with Crippen LogP contribution in [-0.4, -0.2) is 48.6 Å². The summed E-state index contributed by atoms with van der Waals surface area (Å²) in [5.74, 6) is 1.44. The highest BCUT2D eigenvalue weighted by atomic mass is 35.5. The number of piperazine rings is 1. The van der Waals surface area contributed by atoms with Crippen molar-refractivity contribution in [2.24, 2.45) is 0 Å². The van der Waals surface area contributed by atoms with E-state index >= 15 is 0 Å². The summed E-state index contributed by atoms with van der Waals surface area (Å²) in [5.41, 5.74) is 1.71. The molecular weight excluding hydrogens is 409 g/mol. The Morgan fingerprint density at radius 3 is 2.59 bits per heavy atom. The van der Waals surface area contributed by atoms with Crippen LogP contribution in [0, 0.1) is 0 Å². The summed E-state index contributed by atoms with van der Waals surface area (Å²) >= 11 is 6.25. The monoisotopic (exact) mass is 435 g/mol. The average Bonchev–Trinajstić information content (AvgIpc) is 2.88. The van der Waals surface area contributed by atoms with E-state index in [0.29, 0.717) is 17.3 Å². The number of rotatable bonds is 3. The van der Waals surface area contributed by atoms with Gasteiger partial charge >= 0.3 is 6.03 Å². The highest BCUT2D eigenvalue weighted by Crippen LogP contribution is 2.40. The fourth-order valence-corrected chi connectivity index (χ4v) is 3.95. The lowest BCUT2D eigenvalue weighted by Crippen LogP contribution is -2.52. The van der Waals surface area contributed by atoms with Gasteiger partial charge in [0.1, 0.15) is 5.75 Å². The van der Waals surface area contributed by atoms with Crippen LogP contribution in [0.4, 0.5) is 10.5 Å². The Hall–Kier alpha value is -1.95. The van der Waals surface area contributed by atoms with Crippen LogP contribution in [0.1, 0.15) is 25.3 Å². The van der Waals surface area contributed by atoms with E-state index in [1.54, 1.807) is 11.0 Å². The van der Waals surface area contributed by atoms with Gasteiger partial charge in [-0.3, -0.25) is 9.80 Å². The minimum Gasteiger partial charge on any atom is -0.455 e. The van der Waals surface area contributed by atoms with E-state index in [4.69, 9.17) is 16.3 Å². The molecule has 7 heteroatoms. The number of hydrogen-bond donors (Lipinski definition) is 0. The van der Waals surface area contributed by atoms with Gasteiger partial charge in [-0.2, -0.15) is 0 Å². The largest absolute Gasteiger partial charge is 0.455 e. The van der Waals surface area contributed by atoms with Gasteiger partial charge in [-0.15, -0.1) is 12.4 Å². The molecule has 2 aromatic rings. The molecule has 0 unspecified atom stereocenters. The van der Waals surface area contributed by atoms with E-state index in [0.717, 1.165) is 49.7 Å². The Morgan fingerprint density at radius 1 is 1.07 bits per heavy atom. The fraction of sp³-hybridized carbons (Fsp3) is 0.409. The number of benzene rings is 2. The molecule has 2 amide bonds. The number of carbonyl (C=O) groups is 1. The molecule has 0 aliphatic carbocycles. The van der Waals surface area contributed by atoms with Gasteiger partial charge in [0.05, 0.1) is 12.2 Å². The van der Waals surface area contributed by atoms with Crippen LogP contribution in [0.15, 0.2) is 42.5 Å². The molecule has 1 fully saturated rings. The van der Waals surface area contributed by atoms with Gasteiger partial charge in [0.2, 0.25) is 0 Å². The molecule has 5 nitrogen and oxygen atoms in total. The first-order chi connectivity index (χ1) is 13.7. The van der Waals surface area contributed by atoms with Gasteiger partial charge in [0.15, 0.2) is 5.75 Å². The Kier molecular flexibility index (Phi) is 7.28. The van der Waals surface area contributed by atoms with Crippen LogP contribution < -0.4 is 9.64 Å². The summed E-state index contributed by atoms with van der Waals surface area (Å²) in [6.45, 7) is 7.14. The quantitative estimate of drug-likeness (QED) is 0.646. The zero-order chi connectivity index (χ0) is 19.5. The van der Waals surface area contributed by atoms with Crippen molar-refractivity contribution in [1.82, 2.24) is 9.80 Å². The molecule has 0 aromatic heterocycles. The lowest BCUT2D eigenvalue weighted by Gasteiger charge is -2.37. The Bertz CT molecular complexity index is 854. The molecule has 0 saturated carbocycles. The van der Waals surface area contributed by atoms with Crippen molar-refractivity contribution in [3.05, 3.63) is 53.1 Å². The molecule has 156 valence electrons. The van der Waals surface area contributed by atoms with Crippen molar-refractivity contribution < 1.29 is 9.53 Å². The van der Waals surface area contributed by atoms with Gasteiger partial charge in [-0.25, -0.2) is 4.79 Å². The third-order valence-corrected chi connectivity index (χ3v) is 5.67. The molecule has 1 saturated heterocycles. The van der Waals surface area contributed by atoms with Crippen molar-refractivity contribution in [3.63, 3.8) is 0 Å². The summed E-state index contributed by atoms with van der Waals surface area (Å²) in [6, 6.07) is 13.3. The molecule has 2 aliphatic rings. The fourth-order valence-electron chi connectivity index (χ4n) is 3.78. The number of fused-ring (bicyclic) bond motifs is 2. The maximum absolute atomic E-state index is 13.4. The Labute approximate surface area is 183 Å². The zero-order valence-electron chi connectivity index (χ0n) is 16.6. The van der Waals surface area contributed by atoms with Crippen LogP contribution >= 0.6 is 24.0 Å². The third-order valence-electron chi connectivity index (χ3n) is 5.43. The topological polar surface area (TPSA) is 36.0 Å². The first-order valence-electron chi connectivity index (χ1n) is 10.00. The summed E-state index contributed by atoms with van der Waals surface area (Å²) in [6.07, 6.45) is 2.41. The van der Waals surface area contributed by atoms with E-state index in [-0.39, 0.29) is 18.4 Å². The van der Waals surface area contributed by atoms with Crippen molar-refractivity contribution in [2.75, 3.05) is 37.6 Å². The molecule has 2 aliphatic heterocycles. The van der Waals surface area contributed by atoms with Crippen LogP contribution in [0.5, 0.6) is 11.5 Å². The van der Waals surface area contributed by atoms with Crippen molar-refractivity contribution >= 4 is 35.7 Å². The van der Waals surface area contributed by atoms with Crippen molar-refractivity contribution in [3.8, 4) is 11.5 Å². The molecule has 0 N–H and O–H groups in total. The molecule has 2 aromatic carbocycles. The van der Waals surface area contributed by atoms with Gasteiger partial charge in [-0.1, -0.05) is 43.1 Å². The van der Waals surface area contributed by atoms with Gasteiger partial charge < -0.3 is 9.64 Å². The highest BCUT2D eigenvalue weighted by molar-refractivity contribution is 6.31. The van der Waals surface area contributed by atoms with E-state index in [1.165, 1.54) is 12.8 Å². The van der Waals surface area contributed by atoms with Gasteiger partial charge in [-0.05, 0) is 37.2 Å². The minimum atomic E-state index is 0. The lowest BCUT2D eigenvalue weighted by molar-refractivity contribution is 0.142. The van der Waals surface area contributed by atoms with Crippen LogP contribution in [0.2, 0.25) is 5.02 Å². The second-order valence-electron chi connectivity index (χ2n) is 7.37. The SMILES string of the molecule is CCCCN1CCN(C(=O)N2Cc3ccccc3Oc3ccc(Cl)cc32)CC1.Cl. The summed E-state index contributed by atoms with van der Waals surface area (Å²) in [5, 5.41) is 0.593. The molecule has 0 bridgehead atoms. The van der Waals surface area contributed by atoms with Crippen LogP contribution in [0.25, 0.3) is 0 Å². The van der Waals surface area contributed by atoms with Crippen molar-refractivity contribution in [1.29, 1.82) is 0 Å². The number of amides is 2. The lowest BCUT2D eigenvalue weighted by atomic mass is 10.2. The van der Waals surface area contributed by atoms with Gasteiger partial charge in [0, 0.05) is 36.8 Å². The van der Waals surface area contributed by atoms with E-state index in [2.05, 4.69) is 11.8 Å². The molecular formula is C22H27Cl2N3O2. The Balaban J connectivity index is 0.00000240. The molecule has 4 rings (SSSR count). The number of urea groups is 1. The minimum absolute atomic E-state index is 0. The molecule has 2 heterocycles. The van der Waals surface area contributed by atoms with Gasteiger partial charge in [0.25, 0.3) is 0 Å². The number of anilines is 1. The molecule has 0 atom stereocenters. The summed E-state index contributed by atoms with van der Waals surface area (Å²) < 4.78 is 6.11. The Morgan fingerprint density at radius 2 is 1.83 bits per heavy atom. The number of unbranched alkanes of at least 4 members (excludes halogenated alkanes) is 1. The second kappa shape index (κ2) is 9.70. The maximum atomic E-state index is 13.4. The van der Waals surface area contributed by atoms with Crippen molar-refractivity contribution in [2.45, 2.75) is 26.3 Å². The van der Waals surface area contributed by atoms with Crippen LogP contribution in [0.3, 0.4) is 0 Å². The standard InChI is InChI=1S/C22H26ClN3O2.ClH/c1-2-3-10-24-11-13-25(14-12-24)22(27)26-16-17-6-4-5-7-20(17)28-21-9-8-18(23)15-19(21)26;/h4-9,15H,2-3,10-14,16H2,1H3;1H. The normalized spacial score (nSPS) is 16.2. The number of hydrogen-bond acceptors (Lipinski definition) is 3. The number of ether oxygens (including phenoxy) is 1. The second-order valence-corrected chi connectivity index (χ2v) is 7.81. The smallest absolute Gasteiger partial charge is 0.325 e. The number of halogens is 2. The number of para-hydroxylation sites is 1. The molecule has 0 radical (unpaired) electrons. The number of nitrogens with zero attached hydrogens (tertiary/aromatic N) is 3. The highest BCUT2D eigenvalue weighted by Gasteiger charge is 2.30. The average molecular weight is 436 g/mol. The first-order valence-corrected chi connectivity index (χ1v) is 10.4. The van der Waals surface area contributed by atoms with E-state index in [9.17, 15) is 4.79 Å². The maximum Gasteiger partial charge on any atom is 0.325 e. The number of carbonyl (C=O) groups excluding carboxylic acids is 1. The third kappa shape index (κ3) is 4.80.